The third-order valence-corrected chi connectivity index (χ3v) is 6.18. The molecule has 1 amide bonds. The van der Waals surface area contributed by atoms with Crippen molar-refractivity contribution in [2.24, 2.45) is 0 Å². The molecule has 3 heterocycles. The molecule has 0 unspecified atom stereocenters. The van der Waals surface area contributed by atoms with Crippen LogP contribution in [0.3, 0.4) is 0 Å². The summed E-state index contributed by atoms with van der Waals surface area (Å²) in [6.45, 7) is 0.816. The number of thiophene rings is 1. The summed E-state index contributed by atoms with van der Waals surface area (Å²) in [6.07, 6.45) is 1.40. The van der Waals surface area contributed by atoms with E-state index in [9.17, 15) is 9.59 Å². The van der Waals surface area contributed by atoms with Crippen LogP contribution in [-0.4, -0.2) is 35.8 Å². The second kappa shape index (κ2) is 8.35. The topological polar surface area (TPSA) is 91.7 Å². The number of nitrogens with zero attached hydrogens (tertiary/aromatic N) is 2. The van der Waals surface area contributed by atoms with Crippen LogP contribution in [0.5, 0.6) is 17.2 Å². The average molecular weight is 449 g/mol. The molecule has 0 spiro atoms. The smallest absolute Gasteiger partial charge is 0.271 e. The number of carbonyl (C=O) groups excluding carboxylic acids is 1. The lowest BCUT2D eigenvalue weighted by molar-refractivity contribution is -0.116. The second-order valence-electron chi connectivity index (χ2n) is 7.14. The predicted octanol–water partition coefficient (Wildman–Crippen LogP) is 3.54. The SMILES string of the molecule is COc1ccc(-c2cc3ncn(CC(=O)Nc4ccc5c(c4)OCCO5)c(=O)c3s2)cc1. The van der Waals surface area contributed by atoms with E-state index in [0.29, 0.717) is 40.6 Å². The fourth-order valence-corrected chi connectivity index (χ4v) is 4.50. The molecule has 4 aromatic rings. The highest BCUT2D eigenvalue weighted by atomic mass is 32.1. The number of carbonyl (C=O) groups is 1. The quantitative estimate of drug-likeness (QED) is 0.501. The van der Waals surface area contributed by atoms with Gasteiger partial charge in [0.15, 0.2) is 11.5 Å². The minimum atomic E-state index is -0.336. The third-order valence-electron chi connectivity index (χ3n) is 5.02. The first kappa shape index (κ1) is 20.1. The van der Waals surface area contributed by atoms with Crippen molar-refractivity contribution in [2.45, 2.75) is 6.54 Å². The Morgan fingerprint density at radius 1 is 1.12 bits per heavy atom. The summed E-state index contributed by atoms with van der Waals surface area (Å²) in [5.41, 5.74) is 1.89. The Balaban J connectivity index is 1.35. The molecule has 2 aromatic heterocycles. The minimum absolute atomic E-state index is 0.147. The Morgan fingerprint density at radius 3 is 2.69 bits per heavy atom. The average Bonchev–Trinajstić information content (AvgIpc) is 3.26. The molecular weight excluding hydrogens is 430 g/mol. The number of hydrogen-bond acceptors (Lipinski definition) is 7. The van der Waals surface area contributed by atoms with E-state index in [2.05, 4.69) is 10.3 Å². The largest absolute Gasteiger partial charge is 0.497 e. The van der Waals surface area contributed by atoms with Crippen molar-refractivity contribution < 1.29 is 19.0 Å². The number of anilines is 1. The zero-order valence-corrected chi connectivity index (χ0v) is 18.0. The number of ether oxygens (including phenoxy) is 3. The van der Waals surface area contributed by atoms with Gasteiger partial charge in [0, 0.05) is 16.6 Å². The highest BCUT2D eigenvalue weighted by molar-refractivity contribution is 7.22. The zero-order valence-electron chi connectivity index (χ0n) is 17.2. The van der Waals surface area contributed by atoms with E-state index in [1.54, 1.807) is 25.3 Å². The van der Waals surface area contributed by atoms with Gasteiger partial charge in [0.1, 0.15) is 30.2 Å². The molecule has 2 aromatic carbocycles. The van der Waals surface area contributed by atoms with E-state index in [-0.39, 0.29) is 18.0 Å². The van der Waals surface area contributed by atoms with Crippen molar-refractivity contribution in [1.82, 2.24) is 9.55 Å². The first-order valence-corrected chi connectivity index (χ1v) is 10.8. The van der Waals surface area contributed by atoms with Crippen LogP contribution in [-0.2, 0) is 11.3 Å². The third kappa shape index (κ3) is 3.90. The molecule has 0 radical (unpaired) electrons. The summed E-state index contributed by atoms with van der Waals surface area (Å²) in [4.78, 5) is 30.8. The van der Waals surface area contributed by atoms with E-state index in [1.807, 2.05) is 30.3 Å². The van der Waals surface area contributed by atoms with E-state index >= 15 is 0 Å². The van der Waals surface area contributed by atoms with E-state index in [0.717, 1.165) is 16.2 Å². The van der Waals surface area contributed by atoms with Gasteiger partial charge in [0.05, 0.1) is 19.0 Å². The molecule has 162 valence electrons. The van der Waals surface area contributed by atoms with Crippen LogP contribution in [0.1, 0.15) is 0 Å². The molecule has 0 aliphatic carbocycles. The molecule has 8 nitrogen and oxygen atoms in total. The van der Waals surface area contributed by atoms with Crippen LogP contribution in [0.2, 0.25) is 0 Å². The highest BCUT2D eigenvalue weighted by Gasteiger charge is 2.15. The van der Waals surface area contributed by atoms with Crippen molar-refractivity contribution in [3.63, 3.8) is 0 Å². The van der Waals surface area contributed by atoms with Gasteiger partial charge in [-0.15, -0.1) is 11.3 Å². The molecule has 0 fully saturated rings. The highest BCUT2D eigenvalue weighted by Crippen LogP contribution is 2.33. The lowest BCUT2D eigenvalue weighted by Crippen LogP contribution is -2.27. The zero-order chi connectivity index (χ0) is 22.1. The molecule has 0 saturated carbocycles. The standard InChI is InChI=1S/C23H19N3O5S/c1-29-16-5-2-14(3-6-16)20-11-17-22(32-20)23(28)26(13-24-17)12-21(27)25-15-4-7-18-19(10-15)31-9-8-30-18/h2-7,10-11,13H,8-9,12H2,1H3,(H,25,27). The van der Waals surface area contributed by atoms with E-state index in [4.69, 9.17) is 14.2 Å². The number of nitrogens with one attached hydrogen (secondary N) is 1. The summed E-state index contributed by atoms with van der Waals surface area (Å²) in [5, 5.41) is 2.79. The summed E-state index contributed by atoms with van der Waals surface area (Å²) in [7, 11) is 1.62. The van der Waals surface area contributed by atoms with Crippen LogP contribution in [0.4, 0.5) is 5.69 Å². The van der Waals surface area contributed by atoms with Crippen molar-refractivity contribution >= 4 is 33.1 Å². The number of benzene rings is 2. The van der Waals surface area contributed by atoms with Crippen molar-refractivity contribution in [2.75, 3.05) is 25.6 Å². The Labute approximate surface area is 187 Å². The number of rotatable bonds is 5. The number of aromatic nitrogens is 2. The Morgan fingerprint density at radius 2 is 1.91 bits per heavy atom. The van der Waals surface area contributed by atoms with Gasteiger partial charge < -0.3 is 19.5 Å². The Kier molecular flexibility index (Phi) is 5.24. The monoisotopic (exact) mass is 449 g/mol. The van der Waals surface area contributed by atoms with Gasteiger partial charge in [-0.05, 0) is 48.0 Å². The van der Waals surface area contributed by atoms with Gasteiger partial charge in [-0.3, -0.25) is 14.2 Å². The van der Waals surface area contributed by atoms with Gasteiger partial charge in [0.2, 0.25) is 5.91 Å². The lowest BCUT2D eigenvalue weighted by Gasteiger charge is -2.19. The summed E-state index contributed by atoms with van der Waals surface area (Å²) in [6, 6.07) is 14.7. The van der Waals surface area contributed by atoms with Gasteiger partial charge in [-0.1, -0.05) is 0 Å². The maximum absolute atomic E-state index is 12.9. The van der Waals surface area contributed by atoms with Crippen molar-refractivity contribution in [3.05, 3.63) is 65.2 Å². The maximum atomic E-state index is 12.9. The van der Waals surface area contributed by atoms with Gasteiger partial charge in [-0.25, -0.2) is 4.98 Å². The summed E-state index contributed by atoms with van der Waals surface area (Å²) < 4.78 is 18.0. The first-order valence-electron chi connectivity index (χ1n) is 9.93. The van der Waals surface area contributed by atoms with Gasteiger partial charge in [0.25, 0.3) is 5.56 Å². The summed E-state index contributed by atoms with van der Waals surface area (Å²) in [5.74, 6) is 1.65. The minimum Gasteiger partial charge on any atom is -0.497 e. The van der Waals surface area contributed by atoms with Crippen LogP contribution in [0.25, 0.3) is 20.7 Å². The van der Waals surface area contributed by atoms with E-state index in [1.165, 1.54) is 22.2 Å². The van der Waals surface area contributed by atoms with Crippen molar-refractivity contribution in [1.29, 1.82) is 0 Å². The maximum Gasteiger partial charge on any atom is 0.271 e. The van der Waals surface area contributed by atoms with Gasteiger partial charge >= 0.3 is 0 Å². The first-order chi connectivity index (χ1) is 15.6. The van der Waals surface area contributed by atoms with Crippen LogP contribution in [0, 0.1) is 0 Å². The summed E-state index contributed by atoms with van der Waals surface area (Å²) >= 11 is 1.35. The molecule has 9 heteroatoms. The van der Waals surface area contributed by atoms with Crippen LogP contribution in [0.15, 0.2) is 59.7 Å². The molecule has 1 aliphatic heterocycles. The van der Waals surface area contributed by atoms with E-state index < -0.39 is 0 Å². The Bertz CT molecular complexity index is 1360. The molecule has 5 rings (SSSR count). The van der Waals surface area contributed by atoms with Crippen LogP contribution < -0.4 is 25.1 Å². The lowest BCUT2D eigenvalue weighted by atomic mass is 10.2. The van der Waals surface area contributed by atoms with Gasteiger partial charge in [-0.2, -0.15) is 0 Å². The predicted molar refractivity (Wildman–Crippen MR) is 122 cm³/mol. The molecule has 32 heavy (non-hydrogen) atoms. The number of fused-ring (bicyclic) bond motifs is 2. The fraction of sp³-hybridized carbons (Fsp3) is 0.174. The number of hydrogen-bond donors (Lipinski definition) is 1. The second-order valence-corrected chi connectivity index (χ2v) is 8.19. The number of amides is 1. The molecule has 0 saturated heterocycles. The number of methoxy groups -OCH3 is 1. The molecule has 0 atom stereocenters. The molecule has 0 bridgehead atoms. The fourth-order valence-electron chi connectivity index (χ4n) is 3.43. The van der Waals surface area contributed by atoms with Crippen LogP contribution >= 0.6 is 11.3 Å². The molecule has 1 N–H and O–H groups in total. The normalized spacial score (nSPS) is 12.5. The Hall–Kier alpha value is -3.85. The molecule has 1 aliphatic rings. The molecular formula is C23H19N3O5S. The van der Waals surface area contributed by atoms with Crippen molar-refractivity contribution in [3.8, 4) is 27.7 Å².